The maximum Gasteiger partial charge on any atom is 0.303 e. The number of fused-ring (bicyclic) bond motifs is 2. The highest BCUT2D eigenvalue weighted by Gasteiger charge is 2.22. The number of halogens is 1. The van der Waals surface area contributed by atoms with E-state index in [0.717, 1.165) is 48.9 Å². The van der Waals surface area contributed by atoms with E-state index < -0.39 is 5.97 Å². The van der Waals surface area contributed by atoms with E-state index in [0.29, 0.717) is 83.7 Å². The molecule has 2 aliphatic heterocycles. The van der Waals surface area contributed by atoms with Crippen LogP contribution in [0.3, 0.4) is 0 Å². The van der Waals surface area contributed by atoms with Crippen molar-refractivity contribution >= 4 is 63.4 Å². The number of aliphatic carboxylic acids is 1. The van der Waals surface area contributed by atoms with Crippen molar-refractivity contribution in [3.8, 4) is 6.07 Å². The summed E-state index contributed by atoms with van der Waals surface area (Å²) in [6, 6.07) is 20.4. The maximum atomic E-state index is 12.6. The van der Waals surface area contributed by atoms with Crippen LogP contribution in [0, 0.1) is 31.8 Å². The number of carbonyl (C=O) groups excluding carboxylic acids is 1. The second kappa shape index (κ2) is 21.9. The van der Waals surface area contributed by atoms with Crippen molar-refractivity contribution in [2.24, 2.45) is 0 Å². The Hall–Kier alpha value is -7.21. The molecule has 8 rings (SSSR count). The van der Waals surface area contributed by atoms with Crippen molar-refractivity contribution in [1.29, 1.82) is 5.26 Å². The molecule has 2 aromatic carbocycles. The van der Waals surface area contributed by atoms with Crippen LogP contribution < -0.4 is 26.2 Å². The van der Waals surface area contributed by atoms with Gasteiger partial charge in [-0.1, -0.05) is 29.3 Å². The van der Waals surface area contributed by atoms with E-state index in [2.05, 4.69) is 55.9 Å². The number of benzene rings is 2. The lowest BCUT2D eigenvalue weighted by molar-refractivity contribution is -0.137. The Morgan fingerprint density at radius 2 is 1.29 bits per heavy atom. The average Bonchev–Trinajstić information content (AvgIpc) is 3.29. The molecule has 0 saturated carbocycles. The van der Waals surface area contributed by atoms with Gasteiger partial charge in [-0.15, -0.1) is 12.4 Å². The summed E-state index contributed by atoms with van der Waals surface area (Å²) in [6.45, 7) is 17.4. The van der Waals surface area contributed by atoms with Gasteiger partial charge in [0.05, 0.1) is 40.4 Å². The number of carboxylic acid groups (broad SMARTS) is 1. The molecule has 0 atom stereocenters. The second-order valence-corrected chi connectivity index (χ2v) is 14.6. The van der Waals surface area contributed by atoms with Crippen molar-refractivity contribution in [1.82, 2.24) is 40.1 Å². The molecule has 0 aliphatic carbocycles. The number of aryl methyl sites for hydroxylation is 4. The molecule has 320 valence electrons. The number of nitrogens with one attached hydrogen (secondary N) is 3. The van der Waals surface area contributed by atoms with Crippen LogP contribution >= 0.6 is 12.4 Å². The van der Waals surface area contributed by atoms with Crippen LogP contribution in [-0.2, 0) is 22.4 Å². The van der Waals surface area contributed by atoms with Gasteiger partial charge in [0.2, 0.25) is 11.6 Å². The van der Waals surface area contributed by atoms with E-state index in [1.165, 1.54) is 0 Å². The number of anilines is 2. The molecular formula is C44H47ClN12O5. The van der Waals surface area contributed by atoms with Crippen LogP contribution in [0.5, 0.6) is 0 Å². The van der Waals surface area contributed by atoms with Gasteiger partial charge in [-0.2, -0.15) is 5.26 Å². The number of aromatic nitrogens is 6. The number of aromatic amines is 2. The fraction of sp³-hybridized carbons (Fsp3) is 0.318. The Morgan fingerprint density at radius 1 is 0.758 bits per heavy atom. The Kier molecular flexibility index (Phi) is 16.2. The van der Waals surface area contributed by atoms with Crippen molar-refractivity contribution in [2.75, 3.05) is 62.2 Å². The van der Waals surface area contributed by atoms with Gasteiger partial charge >= 0.3 is 5.97 Å². The topological polar surface area (TPSA) is 222 Å². The zero-order valence-corrected chi connectivity index (χ0v) is 35.2. The first-order chi connectivity index (χ1) is 29.5. The Labute approximate surface area is 363 Å². The molecule has 2 saturated heterocycles. The smallest absolute Gasteiger partial charge is 0.303 e. The highest BCUT2D eigenvalue weighted by Crippen LogP contribution is 2.19. The fourth-order valence-corrected chi connectivity index (χ4v) is 6.80. The van der Waals surface area contributed by atoms with Gasteiger partial charge in [-0.3, -0.25) is 24.2 Å². The lowest BCUT2D eigenvalue weighted by Gasteiger charge is -2.35. The van der Waals surface area contributed by atoms with Gasteiger partial charge in [0.25, 0.3) is 11.1 Å². The van der Waals surface area contributed by atoms with Crippen LogP contribution in [0.2, 0.25) is 0 Å². The van der Waals surface area contributed by atoms with E-state index in [1.807, 2.05) is 61.2 Å². The van der Waals surface area contributed by atoms with Crippen LogP contribution in [0.25, 0.3) is 26.7 Å². The number of hydrogen-bond donors (Lipinski definition) is 4. The van der Waals surface area contributed by atoms with Gasteiger partial charge < -0.3 is 35.1 Å². The van der Waals surface area contributed by atoms with Crippen molar-refractivity contribution in [3.05, 3.63) is 134 Å². The number of piperazine rings is 2. The molecule has 17 nitrogen and oxygen atoms in total. The highest BCUT2D eigenvalue weighted by molar-refractivity contribution is 5.85. The summed E-state index contributed by atoms with van der Waals surface area (Å²) in [5.41, 5.74) is 3.98. The van der Waals surface area contributed by atoms with Crippen LogP contribution in [0.1, 0.15) is 41.2 Å². The SMILES string of the molecule is Cc1ccc2nc(CCC(=O)O)[nH]c(=O)c2c1.Cl.N#Cc1ccc(N2CCNCC2)nc1.[C-]#[N+]c1ccc(N2CCN(C(=O)CCc3nc4ccc(C)cc4c(=O)[nH]3)CC2)nc1. The van der Waals surface area contributed by atoms with Crippen molar-refractivity contribution in [3.63, 3.8) is 0 Å². The molecule has 1 amide bonds. The van der Waals surface area contributed by atoms with E-state index >= 15 is 0 Å². The number of carboxylic acids is 1. The lowest BCUT2D eigenvalue weighted by atomic mass is 10.1. The van der Waals surface area contributed by atoms with Crippen LogP contribution in [0.15, 0.2) is 82.6 Å². The van der Waals surface area contributed by atoms with Gasteiger partial charge in [0, 0.05) is 84.0 Å². The van der Waals surface area contributed by atoms with Gasteiger partial charge in [-0.25, -0.2) is 19.8 Å². The third-order valence-corrected chi connectivity index (χ3v) is 10.1. The molecule has 0 spiro atoms. The third kappa shape index (κ3) is 12.4. The number of hydrogen-bond acceptors (Lipinski definition) is 12. The lowest BCUT2D eigenvalue weighted by Crippen LogP contribution is -2.49. The molecule has 6 heterocycles. The molecule has 4 N–H and O–H groups in total. The minimum atomic E-state index is -0.906. The molecule has 18 heteroatoms. The first-order valence-corrected chi connectivity index (χ1v) is 19.9. The quantitative estimate of drug-likeness (QED) is 0.155. The van der Waals surface area contributed by atoms with Gasteiger partial charge in [0.1, 0.15) is 29.4 Å². The number of amides is 1. The Bertz CT molecular complexity index is 2700. The van der Waals surface area contributed by atoms with Gasteiger partial charge in [0.15, 0.2) is 0 Å². The zero-order chi connectivity index (χ0) is 43.3. The van der Waals surface area contributed by atoms with Crippen LogP contribution in [0.4, 0.5) is 17.3 Å². The summed E-state index contributed by atoms with van der Waals surface area (Å²) in [4.78, 5) is 79.3. The number of nitrogens with zero attached hydrogens (tertiary/aromatic N) is 9. The Morgan fingerprint density at radius 3 is 1.77 bits per heavy atom. The predicted molar refractivity (Wildman–Crippen MR) is 239 cm³/mol. The molecule has 0 bridgehead atoms. The summed E-state index contributed by atoms with van der Waals surface area (Å²) >= 11 is 0. The van der Waals surface area contributed by atoms with Crippen molar-refractivity contribution in [2.45, 2.75) is 39.5 Å². The summed E-state index contributed by atoms with van der Waals surface area (Å²) < 4.78 is 0. The average molecular weight is 859 g/mol. The molecule has 2 aliphatic rings. The number of H-pyrrole nitrogens is 2. The van der Waals surface area contributed by atoms with E-state index in [9.17, 15) is 19.2 Å². The minimum Gasteiger partial charge on any atom is -0.481 e. The number of pyridine rings is 2. The predicted octanol–water partition coefficient (Wildman–Crippen LogP) is 4.49. The number of nitriles is 1. The Balaban J connectivity index is 0.000000192. The maximum absolute atomic E-state index is 12.6. The monoisotopic (exact) mass is 858 g/mol. The summed E-state index contributed by atoms with van der Waals surface area (Å²) in [7, 11) is 0. The largest absolute Gasteiger partial charge is 0.481 e. The number of rotatable bonds is 8. The van der Waals surface area contributed by atoms with E-state index in [-0.39, 0.29) is 42.3 Å². The minimum absolute atomic E-state index is 0. The van der Waals surface area contributed by atoms with Gasteiger partial charge in [-0.05, 0) is 56.3 Å². The molecular weight excluding hydrogens is 812 g/mol. The number of carbonyl (C=O) groups is 2. The summed E-state index contributed by atoms with van der Waals surface area (Å²) in [5.74, 6) is 1.88. The molecule has 62 heavy (non-hydrogen) atoms. The van der Waals surface area contributed by atoms with Crippen LogP contribution in [-0.4, -0.2) is 104 Å². The fourth-order valence-electron chi connectivity index (χ4n) is 6.80. The zero-order valence-electron chi connectivity index (χ0n) is 34.4. The normalized spacial score (nSPS) is 13.4. The molecule has 6 aromatic rings. The first-order valence-electron chi connectivity index (χ1n) is 19.9. The molecule has 0 unspecified atom stereocenters. The molecule has 0 radical (unpaired) electrons. The molecule has 4 aromatic heterocycles. The third-order valence-electron chi connectivity index (χ3n) is 10.1. The summed E-state index contributed by atoms with van der Waals surface area (Å²) in [5, 5.41) is 21.6. The standard InChI is InChI=1S/C22H22N6O2.C12H12N2O3.C10H12N4.ClH/c1-15-3-5-18-17(13-15)22(30)26-19(25-18)6-8-21(29)28-11-9-27(10-12-28)20-7-4-16(23-2)14-24-20;1-7-2-3-9-8(6-7)12(17)14-10(13-9)4-5-11(15)16;11-7-9-1-2-10(13-8-9)14-5-3-12-4-6-14;/h3-5,7,13-14H,6,8-12H2,1H3,(H,25,26,30);2-3,6H,4-5H2,1H3,(H,15,16)(H,13,14,17);1-2,8,12H,3-6H2;1H. The molecule has 2 fully saturated rings. The second-order valence-electron chi connectivity index (χ2n) is 14.6. The van der Waals surface area contributed by atoms with E-state index in [1.54, 1.807) is 30.6 Å². The first kappa shape index (κ1) is 45.9. The summed E-state index contributed by atoms with van der Waals surface area (Å²) in [6.07, 6.45) is 4.08. The van der Waals surface area contributed by atoms with Crippen molar-refractivity contribution < 1.29 is 14.7 Å². The highest BCUT2D eigenvalue weighted by atomic mass is 35.5. The van der Waals surface area contributed by atoms with E-state index in [4.69, 9.17) is 16.9 Å².